The second kappa shape index (κ2) is 14.9. The first-order valence-electron chi connectivity index (χ1n) is 15.0. The molecular weight excluding hydrogens is 596 g/mol. The van der Waals surface area contributed by atoms with Gasteiger partial charge in [-0.1, -0.05) is 27.2 Å². The van der Waals surface area contributed by atoms with E-state index < -0.39 is 29.2 Å². The molecule has 0 bridgehead atoms. The molecule has 0 atom stereocenters. The monoisotopic (exact) mass is 633 g/mol. The number of hydrogen-bond acceptors (Lipinski definition) is 4. The zero-order valence-corrected chi connectivity index (χ0v) is 25.5. The van der Waals surface area contributed by atoms with Crippen LogP contribution < -0.4 is 9.47 Å². The van der Waals surface area contributed by atoms with Crippen LogP contribution in [0.3, 0.4) is 0 Å². The van der Waals surface area contributed by atoms with Crippen LogP contribution in [0.4, 0.5) is 26.3 Å². The molecule has 5 nitrogen and oxygen atoms in total. The van der Waals surface area contributed by atoms with E-state index in [0.29, 0.717) is 25.2 Å². The Morgan fingerprint density at radius 2 is 1.33 bits per heavy atom. The molecule has 0 amide bonds. The summed E-state index contributed by atoms with van der Waals surface area (Å²) >= 11 is 0. The second-order valence-corrected chi connectivity index (χ2v) is 10.6. The molecule has 242 valence electrons. The van der Waals surface area contributed by atoms with Crippen molar-refractivity contribution in [2.45, 2.75) is 58.8 Å². The van der Waals surface area contributed by atoms with Gasteiger partial charge in [0, 0.05) is 30.4 Å². The standard InChI is InChI=1S/C34H37F6N3O2/c1-4-7-9-32-41-31(24-10-14-28(15-11-24)44-19-8-18-42(5-2)6-3)23-43(32)27-12-16-29(17-13-27)45-30-21-25(33(35,36)37)20-26(22-30)34(38,39)40/h10-17,20-23H,4-9,18-19H2,1-3H3. The third-order valence-corrected chi connectivity index (χ3v) is 7.38. The lowest BCUT2D eigenvalue weighted by atomic mass is 10.1. The molecule has 0 N–H and O–H groups in total. The van der Waals surface area contributed by atoms with E-state index in [9.17, 15) is 26.3 Å². The molecule has 0 unspecified atom stereocenters. The van der Waals surface area contributed by atoms with Crippen molar-refractivity contribution in [1.82, 2.24) is 14.5 Å². The first-order chi connectivity index (χ1) is 21.4. The van der Waals surface area contributed by atoms with Gasteiger partial charge in [-0.25, -0.2) is 4.98 Å². The fourth-order valence-corrected chi connectivity index (χ4v) is 4.83. The van der Waals surface area contributed by atoms with Crippen LogP contribution in [0.15, 0.2) is 72.9 Å². The maximum Gasteiger partial charge on any atom is 0.416 e. The minimum absolute atomic E-state index is 0.0690. The van der Waals surface area contributed by atoms with Crippen LogP contribution in [0.25, 0.3) is 16.9 Å². The Bertz CT molecular complexity index is 1480. The molecule has 4 rings (SSSR count). The zero-order chi connectivity index (χ0) is 32.6. The van der Waals surface area contributed by atoms with Crippen molar-refractivity contribution in [1.29, 1.82) is 0 Å². The molecule has 0 radical (unpaired) electrons. The summed E-state index contributed by atoms with van der Waals surface area (Å²) in [6.07, 6.45) is -4.49. The van der Waals surface area contributed by atoms with Gasteiger partial charge in [0.25, 0.3) is 0 Å². The Kier molecular flexibility index (Phi) is 11.2. The number of rotatable bonds is 14. The van der Waals surface area contributed by atoms with Crippen molar-refractivity contribution in [3.63, 3.8) is 0 Å². The van der Waals surface area contributed by atoms with E-state index in [1.54, 1.807) is 12.1 Å². The van der Waals surface area contributed by atoms with Gasteiger partial charge in [0.05, 0.1) is 23.4 Å². The molecule has 1 heterocycles. The fourth-order valence-electron chi connectivity index (χ4n) is 4.83. The topological polar surface area (TPSA) is 39.5 Å². The van der Waals surface area contributed by atoms with E-state index >= 15 is 0 Å². The molecule has 3 aromatic carbocycles. The first kappa shape index (κ1) is 33.9. The van der Waals surface area contributed by atoms with E-state index in [1.165, 1.54) is 12.1 Å². The lowest BCUT2D eigenvalue weighted by molar-refractivity contribution is -0.143. The molecule has 0 fully saturated rings. The minimum atomic E-state index is -4.96. The van der Waals surface area contributed by atoms with Crippen LogP contribution in [0.2, 0.25) is 0 Å². The Morgan fingerprint density at radius 1 is 0.733 bits per heavy atom. The lowest BCUT2D eigenvalue weighted by Gasteiger charge is -2.17. The Morgan fingerprint density at radius 3 is 1.89 bits per heavy atom. The van der Waals surface area contributed by atoms with Crippen LogP contribution in [-0.2, 0) is 18.8 Å². The van der Waals surface area contributed by atoms with Crippen molar-refractivity contribution < 1.29 is 35.8 Å². The predicted molar refractivity (Wildman–Crippen MR) is 162 cm³/mol. The number of nitrogens with zero attached hydrogens (tertiary/aromatic N) is 3. The smallest absolute Gasteiger partial charge is 0.416 e. The van der Waals surface area contributed by atoms with Gasteiger partial charge < -0.3 is 18.9 Å². The molecule has 4 aromatic rings. The van der Waals surface area contributed by atoms with E-state index in [4.69, 9.17) is 14.5 Å². The van der Waals surface area contributed by atoms with Crippen molar-refractivity contribution >= 4 is 0 Å². The summed E-state index contributed by atoms with van der Waals surface area (Å²) in [6, 6.07) is 15.3. The van der Waals surface area contributed by atoms with Gasteiger partial charge in [-0.2, -0.15) is 26.3 Å². The number of halogens is 6. The number of unbranched alkanes of at least 4 members (excludes halogenated alkanes) is 1. The van der Waals surface area contributed by atoms with Crippen molar-refractivity contribution in [2.24, 2.45) is 0 Å². The van der Waals surface area contributed by atoms with Crippen molar-refractivity contribution in [3.05, 3.63) is 89.9 Å². The molecule has 0 saturated carbocycles. The van der Waals surface area contributed by atoms with Gasteiger partial charge in [-0.3, -0.25) is 0 Å². The average Bonchev–Trinajstić information content (AvgIpc) is 3.44. The summed E-state index contributed by atoms with van der Waals surface area (Å²) in [4.78, 5) is 7.22. The normalized spacial score (nSPS) is 12.1. The van der Waals surface area contributed by atoms with Gasteiger partial charge in [0.15, 0.2) is 0 Å². The number of aryl methyl sites for hydroxylation is 1. The summed E-state index contributed by atoms with van der Waals surface area (Å²) in [6.45, 7) is 10.0. The highest BCUT2D eigenvalue weighted by Gasteiger charge is 2.37. The highest BCUT2D eigenvalue weighted by atomic mass is 19.4. The summed E-state index contributed by atoms with van der Waals surface area (Å²) in [5, 5.41) is 0. The third kappa shape index (κ3) is 9.26. The SMILES string of the molecule is CCCCc1nc(-c2ccc(OCCCN(CC)CC)cc2)cn1-c1ccc(Oc2cc(C(F)(F)F)cc(C(F)(F)F)c2)cc1. The number of alkyl halides is 6. The molecule has 0 aliphatic heterocycles. The quantitative estimate of drug-likeness (QED) is 0.102. The van der Waals surface area contributed by atoms with E-state index in [-0.39, 0.29) is 11.8 Å². The molecule has 0 spiro atoms. The van der Waals surface area contributed by atoms with Gasteiger partial charge in [0.1, 0.15) is 23.1 Å². The maximum absolute atomic E-state index is 13.3. The molecule has 0 aliphatic carbocycles. The fraction of sp³-hybridized carbons (Fsp3) is 0.382. The van der Waals surface area contributed by atoms with E-state index in [2.05, 4.69) is 25.7 Å². The van der Waals surface area contributed by atoms with Crippen molar-refractivity contribution in [3.8, 4) is 34.2 Å². The van der Waals surface area contributed by atoms with Gasteiger partial charge in [0.2, 0.25) is 0 Å². The van der Waals surface area contributed by atoms with Crippen LogP contribution in [-0.4, -0.2) is 40.7 Å². The number of hydrogen-bond donors (Lipinski definition) is 0. The minimum Gasteiger partial charge on any atom is -0.494 e. The molecule has 1 aromatic heterocycles. The summed E-state index contributed by atoms with van der Waals surface area (Å²) in [5.74, 6) is 1.14. The van der Waals surface area contributed by atoms with Crippen LogP contribution >= 0.6 is 0 Å². The van der Waals surface area contributed by atoms with Crippen LogP contribution in [0.1, 0.15) is 57.0 Å². The lowest BCUT2D eigenvalue weighted by Crippen LogP contribution is -2.25. The van der Waals surface area contributed by atoms with E-state index in [0.717, 1.165) is 67.4 Å². The first-order valence-corrected chi connectivity index (χ1v) is 15.0. The largest absolute Gasteiger partial charge is 0.494 e. The highest BCUT2D eigenvalue weighted by molar-refractivity contribution is 5.61. The molecular formula is C34H37F6N3O2. The van der Waals surface area contributed by atoms with Gasteiger partial charge in [-0.05, 0) is 92.7 Å². The van der Waals surface area contributed by atoms with E-state index in [1.807, 2.05) is 35.0 Å². The summed E-state index contributed by atoms with van der Waals surface area (Å²) in [5.41, 5.74) is -0.485. The Hall–Kier alpha value is -3.99. The molecule has 11 heteroatoms. The molecule has 0 saturated heterocycles. The number of benzene rings is 3. The maximum atomic E-state index is 13.3. The average molecular weight is 634 g/mol. The number of imidazole rings is 1. The zero-order valence-electron chi connectivity index (χ0n) is 25.5. The molecule has 45 heavy (non-hydrogen) atoms. The Labute approximate surface area is 259 Å². The summed E-state index contributed by atoms with van der Waals surface area (Å²) in [7, 11) is 0. The van der Waals surface area contributed by atoms with Crippen LogP contribution in [0, 0.1) is 0 Å². The predicted octanol–water partition coefficient (Wildman–Crippen LogP) is 9.82. The van der Waals surface area contributed by atoms with Gasteiger partial charge >= 0.3 is 12.4 Å². The highest BCUT2D eigenvalue weighted by Crippen LogP contribution is 2.39. The van der Waals surface area contributed by atoms with Gasteiger partial charge in [-0.15, -0.1) is 0 Å². The number of aromatic nitrogens is 2. The number of ether oxygens (including phenoxy) is 2. The van der Waals surface area contributed by atoms with Crippen LogP contribution in [0.5, 0.6) is 17.2 Å². The Balaban J connectivity index is 1.51. The van der Waals surface area contributed by atoms with Crippen molar-refractivity contribution in [2.75, 3.05) is 26.2 Å². The summed E-state index contributed by atoms with van der Waals surface area (Å²) < 4.78 is 92.8. The third-order valence-electron chi connectivity index (χ3n) is 7.38. The molecule has 0 aliphatic rings. The second-order valence-electron chi connectivity index (χ2n) is 10.6.